The zero-order chi connectivity index (χ0) is 11.4. The summed E-state index contributed by atoms with van der Waals surface area (Å²) in [7, 11) is 1.63. The van der Waals surface area contributed by atoms with Crippen molar-refractivity contribution in [2.45, 2.75) is 32.1 Å². The van der Waals surface area contributed by atoms with Crippen LogP contribution in [0.25, 0.3) is 0 Å². The highest BCUT2D eigenvalue weighted by Gasteiger charge is 2.11. The van der Waals surface area contributed by atoms with E-state index in [1.165, 1.54) is 30.4 Å². The molecule has 2 nitrogen and oxygen atoms in total. The molecule has 0 bridgehead atoms. The predicted octanol–water partition coefficient (Wildman–Crippen LogP) is 2.32. The van der Waals surface area contributed by atoms with Crippen molar-refractivity contribution in [1.29, 1.82) is 0 Å². The van der Waals surface area contributed by atoms with Crippen LogP contribution in [0.15, 0.2) is 18.2 Å². The molecule has 1 aliphatic carbocycles. The van der Waals surface area contributed by atoms with Gasteiger partial charge in [-0.05, 0) is 36.0 Å². The molecule has 0 aromatic heterocycles. The molecule has 2 heteroatoms. The second kappa shape index (κ2) is 5.26. The number of ketones is 1. The van der Waals surface area contributed by atoms with Gasteiger partial charge in [-0.25, -0.2) is 0 Å². The van der Waals surface area contributed by atoms with E-state index in [2.05, 4.69) is 18.2 Å². The van der Waals surface area contributed by atoms with Crippen molar-refractivity contribution in [2.75, 3.05) is 13.7 Å². The van der Waals surface area contributed by atoms with Crippen LogP contribution in [0.2, 0.25) is 0 Å². The molecule has 16 heavy (non-hydrogen) atoms. The van der Waals surface area contributed by atoms with Crippen LogP contribution < -0.4 is 0 Å². The molecule has 1 aromatic carbocycles. The van der Waals surface area contributed by atoms with Crippen LogP contribution in [-0.4, -0.2) is 19.5 Å². The number of hydrogen-bond donors (Lipinski definition) is 0. The second-order valence-electron chi connectivity index (χ2n) is 4.41. The Hall–Kier alpha value is -1.15. The molecule has 0 unspecified atom stereocenters. The predicted molar refractivity (Wildman–Crippen MR) is 63.7 cm³/mol. The van der Waals surface area contributed by atoms with E-state index in [4.69, 9.17) is 4.74 Å². The largest absolute Gasteiger partial charge is 0.384 e. The van der Waals surface area contributed by atoms with E-state index in [-0.39, 0.29) is 5.78 Å². The van der Waals surface area contributed by atoms with Crippen molar-refractivity contribution in [3.63, 3.8) is 0 Å². The van der Waals surface area contributed by atoms with Crippen LogP contribution in [0.3, 0.4) is 0 Å². The van der Waals surface area contributed by atoms with Gasteiger partial charge in [-0.3, -0.25) is 4.79 Å². The fraction of sp³-hybridized carbons (Fsp3) is 0.500. The summed E-state index contributed by atoms with van der Waals surface area (Å²) in [6.45, 7) is 0.532. The molecular formula is C14H18O2. The van der Waals surface area contributed by atoms with Crippen molar-refractivity contribution in [2.24, 2.45) is 0 Å². The molecule has 2 rings (SSSR count). The molecule has 1 aromatic rings. The van der Waals surface area contributed by atoms with E-state index in [0.29, 0.717) is 19.4 Å². The lowest BCUT2D eigenvalue weighted by Gasteiger charge is -2.04. The van der Waals surface area contributed by atoms with Gasteiger partial charge in [-0.1, -0.05) is 18.2 Å². The summed E-state index contributed by atoms with van der Waals surface area (Å²) in [4.78, 5) is 11.6. The van der Waals surface area contributed by atoms with Crippen molar-refractivity contribution in [1.82, 2.24) is 0 Å². The van der Waals surface area contributed by atoms with Gasteiger partial charge in [0.15, 0.2) is 0 Å². The highest BCUT2D eigenvalue weighted by Crippen LogP contribution is 2.23. The Morgan fingerprint density at radius 3 is 2.94 bits per heavy atom. The molecule has 0 aliphatic heterocycles. The van der Waals surface area contributed by atoms with Gasteiger partial charge in [0.25, 0.3) is 0 Å². The molecular weight excluding hydrogens is 200 g/mol. The van der Waals surface area contributed by atoms with E-state index in [0.717, 1.165) is 5.56 Å². The lowest BCUT2D eigenvalue weighted by molar-refractivity contribution is -0.119. The van der Waals surface area contributed by atoms with Gasteiger partial charge in [0.1, 0.15) is 5.78 Å². The Labute approximate surface area is 96.6 Å². The Balaban J connectivity index is 1.97. The van der Waals surface area contributed by atoms with E-state index < -0.39 is 0 Å². The number of benzene rings is 1. The lowest BCUT2D eigenvalue weighted by Crippen LogP contribution is -2.06. The normalized spacial score (nSPS) is 13.8. The lowest BCUT2D eigenvalue weighted by atomic mass is 10.0. The summed E-state index contributed by atoms with van der Waals surface area (Å²) >= 11 is 0. The third kappa shape index (κ3) is 2.70. The summed E-state index contributed by atoms with van der Waals surface area (Å²) in [5, 5.41) is 0. The third-order valence-corrected chi connectivity index (χ3v) is 3.15. The van der Waals surface area contributed by atoms with E-state index in [1.54, 1.807) is 7.11 Å². The van der Waals surface area contributed by atoms with Crippen LogP contribution in [0, 0.1) is 0 Å². The molecule has 0 fully saturated rings. The SMILES string of the molecule is COCCC(=O)Cc1ccc2c(c1)CCC2. The average Bonchev–Trinajstić information content (AvgIpc) is 2.73. The van der Waals surface area contributed by atoms with Gasteiger partial charge in [-0.2, -0.15) is 0 Å². The minimum Gasteiger partial charge on any atom is -0.384 e. The maximum atomic E-state index is 11.6. The Morgan fingerprint density at radius 1 is 1.31 bits per heavy atom. The number of carbonyl (C=O) groups excluding carboxylic acids is 1. The van der Waals surface area contributed by atoms with Crippen LogP contribution >= 0.6 is 0 Å². The summed E-state index contributed by atoms with van der Waals surface area (Å²) in [5.41, 5.74) is 4.06. The molecule has 0 atom stereocenters. The molecule has 0 N–H and O–H groups in total. The van der Waals surface area contributed by atoms with Gasteiger partial charge < -0.3 is 4.74 Å². The smallest absolute Gasteiger partial charge is 0.139 e. The Kier molecular flexibility index (Phi) is 3.73. The molecule has 86 valence electrons. The minimum atomic E-state index is 0.264. The summed E-state index contributed by atoms with van der Waals surface area (Å²) in [6.07, 6.45) is 4.71. The van der Waals surface area contributed by atoms with Crippen LogP contribution in [-0.2, 0) is 28.8 Å². The first-order valence-corrected chi connectivity index (χ1v) is 5.91. The topological polar surface area (TPSA) is 26.3 Å². The maximum Gasteiger partial charge on any atom is 0.139 e. The highest BCUT2D eigenvalue weighted by molar-refractivity contribution is 5.81. The zero-order valence-corrected chi connectivity index (χ0v) is 9.79. The number of ether oxygens (including phenoxy) is 1. The van der Waals surface area contributed by atoms with E-state index >= 15 is 0 Å². The molecule has 0 heterocycles. The van der Waals surface area contributed by atoms with Crippen LogP contribution in [0.5, 0.6) is 0 Å². The number of rotatable bonds is 5. The highest BCUT2D eigenvalue weighted by atomic mass is 16.5. The number of Topliss-reactive ketones (excluding diaryl/α,β-unsaturated/α-hetero) is 1. The molecule has 0 saturated carbocycles. The van der Waals surface area contributed by atoms with Crippen LogP contribution in [0.4, 0.5) is 0 Å². The second-order valence-corrected chi connectivity index (χ2v) is 4.41. The van der Waals surface area contributed by atoms with Gasteiger partial charge >= 0.3 is 0 Å². The number of fused-ring (bicyclic) bond motifs is 1. The number of hydrogen-bond acceptors (Lipinski definition) is 2. The third-order valence-electron chi connectivity index (χ3n) is 3.15. The molecule has 0 saturated heterocycles. The van der Waals surface area contributed by atoms with Crippen molar-refractivity contribution in [3.8, 4) is 0 Å². The first kappa shape index (κ1) is 11.3. The minimum absolute atomic E-state index is 0.264. The first-order chi connectivity index (χ1) is 7.79. The van der Waals surface area contributed by atoms with Crippen LogP contribution in [0.1, 0.15) is 29.5 Å². The molecule has 0 amide bonds. The fourth-order valence-corrected chi connectivity index (χ4v) is 2.27. The van der Waals surface area contributed by atoms with Gasteiger partial charge in [-0.15, -0.1) is 0 Å². The van der Waals surface area contributed by atoms with E-state index in [9.17, 15) is 4.79 Å². The summed E-state index contributed by atoms with van der Waals surface area (Å²) < 4.78 is 4.90. The monoisotopic (exact) mass is 218 g/mol. The number of aryl methyl sites for hydroxylation is 2. The zero-order valence-electron chi connectivity index (χ0n) is 9.79. The summed E-state index contributed by atoms with van der Waals surface area (Å²) in [6, 6.07) is 6.48. The van der Waals surface area contributed by atoms with Gasteiger partial charge in [0.2, 0.25) is 0 Å². The maximum absolute atomic E-state index is 11.6. The van der Waals surface area contributed by atoms with Gasteiger partial charge in [0, 0.05) is 20.0 Å². The van der Waals surface area contributed by atoms with E-state index in [1.807, 2.05) is 0 Å². The van der Waals surface area contributed by atoms with Crippen molar-refractivity contribution >= 4 is 5.78 Å². The molecule has 0 radical (unpaired) electrons. The molecule has 0 spiro atoms. The Bertz CT molecular complexity index is 382. The Morgan fingerprint density at radius 2 is 2.12 bits per heavy atom. The van der Waals surface area contributed by atoms with Gasteiger partial charge in [0.05, 0.1) is 6.61 Å². The summed E-state index contributed by atoms with van der Waals surface area (Å²) in [5.74, 6) is 0.264. The number of carbonyl (C=O) groups is 1. The first-order valence-electron chi connectivity index (χ1n) is 5.91. The van der Waals surface area contributed by atoms with Crippen molar-refractivity contribution < 1.29 is 9.53 Å². The quantitative estimate of drug-likeness (QED) is 0.758. The standard InChI is InChI=1S/C14H18O2/c1-16-8-7-14(15)10-11-5-6-12-3-2-4-13(12)9-11/h5-6,9H,2-4,7-8,10H2,1H3. The molecule has 1 aliphatic rings. The van der Waals surface area contributed by atoms with Crippen molar-refractivity contribution in [3.05, 3.63) is 34.9 Å². The average molecular weight is 218 g/mol. The fourth-order valence-electron chi connectivity index (χ4n) is 2.27. The number of methoxy groups -OCH3 is 1.